The third kappa shape index (κ3) is 5.33. The summed E-state index contributed by atoms with van der Waals surface area (Å²) in [6.45, 7) is 0. The van der Waals surface area contributed by atoms with E-state index in [1.807, 2.05) is 70.4 Å². The van der Waals surface area contributed by atoms with Crippen LogP contribution in [0.3, 0.4) is 0 Å². The minimum Gasteiger partial charge on any atom is -0.208 e. The Hall–Kier alpha value is -6.57. The van der Waals surface area contributed by atoms with Gasteiger partial charge in [0.15, 0.2) is 17.5 Å². The number of hydrogen-bond acceptors (Lipinski definition) is 6. The average Bonchev–Trinajstić information content (AvgIpc) is 3.97. The van der Waals surface area contributed by atoms with E-state index in [9.17, 15) is 0 Å². The highest BCUT2D eigenvalue weighted by molar-refractivity contribution is 7.27. The lowest BCUT2D eigenvalue weighted by Gasteiger charge is -2.11. The van der Waals surface area contributed by atoms with Crippen molar-refractivity contribution in [3.63, 3.8) is 0 Å². The monoisotopic (exact) mass is 779 g/mol. The van der Waals surface area contributed by atoms with Gasteiger partial charge in [0, 0.05) is 82.8 Å². The van der Waals surface area contributed by atoms with Crippen molar-refractivity contribution in [2.75, 3.05) is 0 Å². The summed E-state index contributed by atoms with van der Waals surface area (Å²) in [5.41, 5.74) is 7.95. The topological polar surface area (TPSA) is 38.7 Å². The molecule has 12 aromatic rings. The molecule has 0 saturated heterocycles. The summed E-state index contributed by atoms with van der Waals surface area (Å²) in [7, 11) is 0. The first-order valence-corrected chi connectivity index (χ1v) is 21.4. The average molecular weight is 780 g/mol. The van der Waals surface area contributed by atoms with Gasteiger partial charge in [-0.2, -0.15) is 0 Å². The number of aromatic nitrogens is 3. The molecule has 0 aliphatic rings. The maximum Gasteiger partial charge on any atom is 0.164 e. The molecular formula is C51H29N3S3. The maximum atomic E-state index is 5.03. The number of nitrogens with zero attached hydrogens (tertiary/aromatic N) is 3. The lowest BCUT2D eigenvalue weighted by atomic mass is 9.93. The molecule has 0 N–H and O–H groups in total. The van der Waals surface area contributed by atoms with Crippen molar-refractivity contribution < 1.29 is 0 Å². The zero-order chi connectivity index (χ0) is 37.5. The Labute approximate surface area is 339 Å². The second-order valence-corrected chi connectivity index (χ2v) is 17.5. The Morgan fingerprint density at radius 2 is 0.789 bits per heavy atom. The smallest absolute Gasteiger partial charge is 0.164 e. The summed E-state index contributed by atoms with van der Waals surface area (Å²) in [4.78, 5) is 15.0. The highest BCUT2D eigenvalue weighted by Gasteiger charge is 2.20. The lowest BCUT2D eigenvalue weighted by Crippen LogP contribution is -1.99. The van der Waals surface area contributed by atoms with Crippen LogP contribution in [0.4, 0.5) is 0 Å². The van der Waals surface area contributed by atoms with E-state index in [2.05, 4.69) is 140 Å². The Bertz CT molecular complexity index is 3470. The van der Waals surface area contributed by atoms with Gasteiger partial charge >= 0.3 is 0 Å². The van der Waals surface area contributed by atoms with Crippen LogP contribution in [0.5, 0.6) is 0 Å². The maximum absolute atomic E-state index is 5.03. The van der Waals surface area contributed by atoms with Crippen molar-refractivity contribution >= 4 is 94.5 Å². The number of thiophene rings is 3. The Kier molecular flexibility index (Phi) is 7.45. The second kappa shape index (κ2) is 13.0. The molecule has 0 radical (unpaired) electrons. The molecule has 0 fully saturated rings. The zero-order valence-electron chi connectivity index (χ0n) is 30.3. The van der Waals surface area contributed by atoms with Crippen LogP contribution in [0.2, 0.25) is 0 Å². The Morgan fingerprint density at radius 3 is 1.54 bits per heavy atom. The number of rotatable bonds is 5. The molecule has 8 aromatic carbocycles. The highest BCUT2D eigenvalue weighted by atomic mass is 32.1. The van der Waals surface area contributed by atoms with Crippen molar-refractivity contribution in [1.82, 2.24) is 15.0 Å². The third-order valence-corrected chi connectivity index (χ3v) is 14.4. The van der Waals surface area contributed by atoms with Crippen LogP contribution in [0, 0.1) is 0 Å². The van der Waals surface area contributed by atoms with E-state index in [0.717, 1.165) is 16.7 Å². The van der Waals surface area contributed by atoms with Crippen molar-refractivity contribution in [2.45, 2.75) is 0 Å². The van der Waals surface area contributed by atoms with Gasteiger partial charge in [-0.25, -0.2) is 15.0 Å². The first kappa shape index (κ1) is 32.7. The molecule has 0 aliphatic carbocycles. The summed E-state index contributed by atoms with van der Waals surface area (Å²) < 4.78 is 7.75. The molecule has 57 heavy (non-hydrogen) atoms. The molecule has 12 rings (SSSR count). The molecule has 0 aliphatic heterocycles. The quantitative estimate of drug-likeness (QED) is 0.175. The number of hydrogen-bond donors (Lipinski definition) is 0. The summed E-state index contributed by atoms with van der Waals surface area (Å²) in [5, 5.41) is 7.81. The van der Waals surface area contributed by atoms with E-state index < -0.39 is 0 Å². The fourth-order valence-electron chi connectivity index (χ4n) is 8.30. The molecule has 4 aromatic heterocycles. The van der Waals surface area contributed by atoms with Gasteiger partial charge in [0.05, 0.1) is 0 Å². The van der Waals surface area contributed by atoms with Gasteiger partial charge in [-0.1, -0.05) is 146 Å². The molecule has 0 spiro atoms. The van der Waals surface area contributed by atoms with Crippen molar-refractivity contribution in [3.05, 3.63) is 176 Å². The molecular weight excluding hydrogens is 751 g/mol. The second-order valence-electron chi connectivity index (χ2n) is 14.3. The van der Waals surface area contributed by atoms with E-state index in [1.54, 1.807) is 0 Å². The summed E-state index contributed by atoms with van der Waals surface area (Å²) in [6.07, 6.45) is 0. The van der Waals surface area contributed by atoms with E-state index in [-0.39, 0.29) is 0 Å². The molecule has 6 heteroatoms. The van der Waals surface area contributed by atoms with Gasteiger partial charge in [-0.05, 0) is 47.0 Å². The third-order valence-electron chi connectivity index (χ3n) is 11.0. The van der Waals surface area contributed by atoms with Gasteiger partial charge in [-0.3, -0.25) is 0 Å². The molecule has 0 amide bonds. The van der Waals surface area contributed by atoms with Gasteiger partial charge < -0.3 is 0 Å². The minimum atomic E-state index is 0.665. The zero-order valence-corrected chi connectivity index (χ0v) is 32.8. The normalized spacial score (nSPS) is 11.9. The van der Waals surface area contributed by atoms with Crippen LogP contribution in [0.25, 0.3) is 117 Å². The predicted octanol–water partition coefficient (Wildman–Crippen LogP) is 15.3. The van der Waals surface area contributed by atoms with Crippen LogP contribution in [-0.2, 0) is 0 Å². The molecule has 0 atom stereocenters. The first-order valence-electron chi connectivity index (χ1n) is 18.9. The fourth-order valence-corrected chi connectivity index (χ4v) is 11.9. The first-order chi connectivity index (χ1) is 28.2. The van der Waals surface area contributed by atoms with Crippen LogP contribution < -0.4 is 0 Å². The minimum absolute atomic E-state index is 0.665. The number of fused-ring (bicyclic) bond motifs is 9. The lowest BCUT2D eigenvalue weighted by molar-refractivity contribution is 1.07. The van der Waals surface area contributed by atoms with Gasteiger partial charge in [0.25, 0.3) is 0 Å². The molecule has 3 nitrogen and oxygen atoms in total. The van der Waals surface area contributed by atoms with E-state index >= 15 is 0 Å². The van der Waals surface area contributed by atoms with Crippen LogP contribution >= 0.6 is 34.0 Å². The molecule has 266 valence electrons. The van der Waals surface area contributed by atoms with E-state index in [4.69, 9.17) is 15.0 Å². The van der Waals surface area contributed by atoms with Crippen LogP contribution in [0.1, 0.15) is 0 Å². The van der Waals surface area contributed by atoms with Crippen LogP contribution in [-0.4, -0.2) is 15.0 Å². The molecule has 0 unspecified atom stereocenters. The molecule has 0 bridgehead atoms. The van der Waals surface area contributed by atoms with Crippen molar-refractivity contribution in [1.29, 1.82) is 0 Å². The summed E-state index contributed by atoms with van der Waals surface area (Å²) >= 11 is 5.60. The van der Waals surface area contributed by atoms with Gasteiger partial charge in [0.2, 0.25) is 0 Å². The van der Waals surface area contributed by atoms with E-state index in [0.29, 0.717) is 17.5 Å². The standard InChI is InChI=1S/C51H29N3S3/c1-3-12-30(13-4-1)49-52-50(31-14-5-2-6-15-31)54-51(53-49)33-23-25-40-45(29-33)56-43-21-11-18-37(46(40)43)38-27-26-34(47-39-17-8-10-20-42(39)57-48(38)47)32-22-24-36-35-16-7-9-19-41(35)55-44(36)28-32/h1-29H. The van der Waals surface area contributed by atoms with Crippen LogP contribution in [0.15, 0.2) is 176 Å². The van der Waals surface area contributed by atoms with Gasteiger partial charge in [-0.15, -0.1) is 34.0 Å². The SMILES string of the molecule is c1ccc(-c2nc(-c3ccccc3)nc(-c3ccc4c(c3)sc3cccc(-c5ccc(-c6ccc7c(c6)sc6ccccc67)c6c5sc5ccccc56)c34)n2)cc1. The molecule has 4 heterocycles. The highest BCUT2D eigenvalue weighted by Crippen LogP contribution is 2.49. The predicted molar refractivity (Wildman–Crippen MR) is 246 cm³/mol. The van der Waals surface area contributed by atoms with Crippen molar-refractivity contribution in [3.8, 4) is 56.4 Å². The Balaban J connectivity index is 1.03. The summed E-state index contributed by atoms with van der Waals surface area (Å²) in [5.74, 6) is 1.99. The molecule has 0 saturated carbocycles. The fraction of sp³-hybridized carbons (Fsp3) is 0. The van der Waals surface area contributed by atoms with Gasteiger partial charge in [0.1, 0.15) is 0 Å². The largest absolute Gasteiger partial charge is 0.208 e. The Morgan fingerprint density at radius 1 is 0.281 bits per heavy atom. The van der Waals surface area contributed by atoms with E-state index in [1.165, 1.54) is 82.8 Å². The number of benzene rings is 8. The summed E-state index contributed by atoms with van der Waals surface area (Å²) in [6, 6.07) is 63.1. The van der Waals surface area contributed by atoms with Crippen molar-refractivity contribution in [2.24, 2.45) is 0 Å².